The van der Waals surface area contributed by atoms with Gasteiger partial charge in [0.25, 0.3) is 5.91 Å². The number of likely N-dealkylation sites (tertiary alicyclic amines) is 1. The molecule has 2 atom stereocenters. The number of β-amino-alcohol motifs (C(OH)–C–C–N with tert-alkyl or cyclic N) is 1. The number of hydrogen-bond acceptors (Lipinski definition) is 3. The first-order chi connectivity index (χ1) is 10.2. The topological polar surface area (TPSA) is 65.6 Å². The minimum Gasteiger partial charge on any atom is -0.497 e. The molecule has 0 saturated carbocycles. The van der Waals surface area contributed by atoms with E-state index in [1.807, 2.05) is 24.3 Å². The van der Waals surface area contributed by atoms with Crippen molar-refractivity contribution < 1.29 is 14.6 Å². The molecule has 1 aliphatic rings. The first-order valence-electron chi connectivity index (χ1n) is 6.95. The number of rotatable bonds is 3. The van der Waals surface area contributed by atoms with E-state index in [0.29, 0.717) is 18.7 Å². The maximum absolute atomic E-state index is 12.5. The van der Waals surface area contributed by atoms with Crippen LogP contribution < -0.4 is 4.74 Å². The number of aromatic nitrogens is 1. The number of H-pyrrole nitrogens is 1. The summed E-state index contributed by atoms with van der Waals surface area (Å²) in [4.78, 5) is 17.2. The Hall–Kier alpha value is -2.27. The summed E-state index contributed by atoms with van der Waals surface area (Å²) in [5, 5.41) is 9.97. The van der Waals surface area contributed by atoms with E-state index in [0.717, 1.165) is 11.3 Å². The van der Waals surface area contributed by atoms with Crippen LogP contribution in [0.15, 0.2) is 42.6 Å². The molecule has 0 unspecified atom stereocenters. The molecule has 2 heterocycles. The van der Waals surface area contributed by atoms with Crippen LogP contribution in [0.2, 0.25) is 0 Å². The Morgan fingerprint density at radius 3 is 2.95 bits per heavy atom. The fraction of sp³-hybridized carbons (Fsp3) is 0.312. The number of aliphatic hydroxyl groups excluding tert-OH is 1. The summed E-state index contributed by atoms with van der Waals surface area (Å²) in [6.45, 7) is 0.347. The van der Waals surface area contributed by atoms with Gasteiger partial charge in [-0.15, -0.1) is 0 Å². The van der Waals surface area contributed by atoms with Crippen molar-refractivity contribution in [3.05, 3.63) is 53.9 Å². The number of nitrogens with one attached hydrogen (secondary N) is 1. The van der Waals surface area contributed by atoms with Crippen LogP contribution in [0.3, 0.4) is 0 Å². The SMILES string of the molecule is COc1cccc([C@@H]2C[C@@H](O)CN2C(=O)c2ccc[nH]2)c1. The van der Waals surface area contributed by atoms with Gasteiger partial charge in [-0.1, -0.05) is 12.1 Å². The Labute approximate surface area is 123 Å². The second kappa shape index (κ2) is 5.61. The van der Waals surface area contributed by atoms with Crippen molar-refractivity contribution in [1.29, 1.82) is 0 Å². The van der Waals surface area contributed by atoms with E-state index in [-0.39, 0.29) is 11.9 Å². The van der Waals surface area contributed by atoms with Gasteiger partial charge in [-0.3, -0.25) is 4.79 Å². The number of nitrogens with zero attached hydrogens (tertiary/aromatic N) is 1. The maximum Gasteiger partial charge on any atom is 0.270 e. The molecule has 2 N–H and O–H groups in total. The molecule has 0 radical (unpaired) electrons. The van der Waals surface area contributed by atoms with Crippen molar-refractivity contribution in [2.45, 2.75) is 18.6 Å². The minimum absolute atomic E-state index is 0.0932. The number of hydrogen-bond donors (Lipinski definition) is 2. The fourth-order valence-corrected chi connectivity index (χ4v) is 2.82. The van der Waals surface area contributed by atoms with Gasteiger partial charge in [-0.25, -0.2) is 0 Å². The molecule has 3 rings (SSSR count). The average molecular weight is 286 g/mol. The van der Waals surface area contributed by atoms with Gasteiger partial charge in [0, 0.05) is 12.7 Å². The van der Waals surface area contributed by atoms with Crippen molar-refractivity contribution in [2.75, 3.05) is 13.7 Å². The molecule has 5 heteroatoms. The van der Waals surface area contributed by atoms with Crippen LogP contribution in [0, 0.1) is 0 Å². The first-order valence-corrected chi connectivity index (χ1v) is 6.95. The van der Waals surface area contributed by atoms with Crippen LogP contribution in [0.5, 0.6) is 5.75 Å². The zero-order chi connectivity index (χ0) is 14.8. The number of ether oxygens (including phenoxy) is 1. The molecule has 0 bridgehead atoms. The smallest absolute Gasteiger partial charge is 0.270 e. The third kappa shape index (κ3) is 2.64. The van der Waals surface area contributed by atoms with Crippen LogP contribution in [0.25, 0.3) is 0 Å². The summed E-state index contributed by atoms with van der Waals surface area (Å²) in [6, 6.07) is 11.0. The van der Waals surface area contributed by atoms with E-state index in [1.54, 1.807) is 30.3 Å². The summed E-state index contributed by atoms with van der Waals surface area (Å²) < 4.78 is 5.24. The highest BCUT2D eigenvalue weighted by Crippen LogP contribution is 2.34. The van der Waals surface area contributed by atoms with E-state index in [2.05, 4.69) is 4.98 Å². The Kier molecular flexibility index (Phi) is 3.66. The van der Waals surface area contributed by atoms with E-state index in [1.165, 1.54) is 0 Å². The lowest BCUT2D eigenvalue weighted by atomic mass is 10.0. The lowest BCUT2D eigenvalue weighted by molar-refractivity contribution is 0.0710. The standard InChI is InChI=1S/C16H18N2O3/c1-21-13-5-2-4-11(8-13)15-9-12(19)10-18(15)16(20)14-6-3-7-17-14/h2-8,12,15,17,19H,9-10H2,1H3/t12-,15+/m1/s1. The molecule has 21 heavy (non-hydrogen) atoms. The van der Waals surface area contributed by atoms with E-state index >= 15 is 0 Å². The number of carbonyl (C=O) groups is 1. The van der Waals surface area contributed by atoms with Crippen molar-refractivity contribution in [3.8, 4) is 5.75 Å². The van der Waals surface area contributed by atoms with Crippen molar-refractivity contribution in [3.63, 3.8) is 0 Å². The van der Waals surface area contributed by atoms with Crippen molar-refractivity contribution in [1.82, 2.24) is 9.88 Å². The predicted molar refractivity (Wildman–Crippen MR) is 78.2 cm³/mol. The molecular formula is C16H18N2O3. The number of benzene rings is 1. The lowest BCUT2D eigenvalue weighted by Crippen LogP contribution is -2.32. The maximum atomic E-state index is 12.5. The van der Waals surface area contributed by atoms with Crippen molar-refractivity contribution in [2.24, 2.45) is 0 Å². The molecule has 1 fully saturated rings. The van der Waals surface area contributed by atoms with Gasteiger partial charge in [0.15, 0.2) is 0 Å². The van der Waals surface area contributed by atoms with Crippen LogP contribution in [0.4, 0.5) is 0 Å². The monoisotopic (exact) mass is 286 g/mol. The molecular weight excluding hydrogens is 268 g/mol. The summed E-state index contributed by atoms with van der Waals surface area (Å²) in [6.07, 6.45) is 1.76. The number of carbonyl (C=O) groups excluding carboxylic acids is 1. The van der Waals surface area contributed by atoms with Gasteiger partial charge in [0.05, 0.1) is 19.3 Å². The number of methoxy groups -OCH3 is 1. The Morgan fingerprint density at radius 2 is 2.24 bits per heavy atom. The number of aliphatic hydroxyl groups is 1. The summed E-state index contributed by atoms with van der Waals surface area (Å²) in [7, 11) is 1.62. The Morgan fingerprint density at radius 1 is 1.38 bits per heavy atom. The van der Waals surface area contributed by atoms with Crippen LogP contribution in [0.1, 0.15) is 28.5 Å². The largest absolute Gasteiger partial charge is 0.497 e. The summed E-state index contributed by atoms with van der Waals surface area (Å²) >= 11 is 0. The first kappa shape index (κ1) is 13.7. The molecule has 2 aromatic rings. The fourth-order valence-electron chi connectivity index (χ4n) is 2.82. The average Bonchev–Trinajstić information content (AvgIpc) is 3.16. The van der Waals surface area contributed by atoms with Crippen LogP contribution in [-0.2, 0) is 0 Å². The molecule has 1 amide bonds. The third-order valence-corrected chi connectivity index (χ3v) is 3.85. The van der Waals surface area contributed by atoms with E-state index in [4.69, 9.17) is 4.74 Å². The second-order valence-electron chi connectivity index (χ2n) is 5.22. The van der Waals surface area contributed by atoms with Gasteiger partial charge < -0.3 is 19.7 Å². The van der Waals surface area contributed by atoms with Crippen LogP contribution in [-0.4, -0.2) is 40.7 Å². The van der Waals surface area contributed by atoms with E-state index < -0.39 is 6.10 Å². The summed E-state index contributed by atoms with van der Waals surface area (Å²) in [5.41, 5.74) is 1.52. The highest BCUT2D eigenvalue weighted by atomic mass is 16.5. The zero-order valence-electron chi connectivity index (χ0n) is 11.8. The second-order valence-corrected chi connectivity index (χ2v) is 5.22. The Bertz CT molecular complexity index is 624. The van der Waals surface area contributed by atoms with Crippen molar-refractivity contribution >= 4 is 5.91 Å². The quantitative estimate of drug-likeness (QED) is 0.906. The van der Waals surface area contributed by atoms with E-state index in [9.17, 15) is 9.90 Å². The normalized spacial score (nSPS) is 21.5. The van der Waals surface area contributed by atoms with Gasteiger partial charge in [-0.05, 0) is 36.2 Å². The van der Waals surface area contributed by atoms with Gasteiger partial charge in [0.1, 0.15) is 11.4 Å². The molecule has 0 aliphatic carbocycles. The molecule has 1 aromatic heterocycles. The highest BCUT2D eigenvalue weighted by molar-refractivity contribution is 5.93. The molecule has 5 nitrogen and oxygen atoms in total. The van der Waals surface area contributed by atoms with Gasteiger partial charge >= 0.3 is 0 Å². The predicted octanol–water partition coefficient (Wildman–Crippen LogP) is 1.97. The molecule has 110 valence electrons. The number of aromatic amines is 1. The zero-order valence-corrected chi connectivity index (χ0v) is 11.8. The van der Waals surface area contributed by atoms with Gasteiger partial charge in [-0.2, -0.15) is 0 Å². The Balaban J connectivity index is 1.90. The number of amides is 1. The van der Waals surface area contributed by atoms with Crippen LogP contribution >= 0.6 is 0 Å². The lowest BCUT2D eigenvalue weighted by Gasteiger charge is -2.24. The molecule has 1 aromatic carbocycles. The summed E-state index contributed by atoms with van der Waals surface area (Å²) in [5.74, 6) is 0.658. The highest BCUT2D eigenvalue weighted by Gasteiger charge is 2.36. The minimum atomic E-state index is -0.500. The molecule has 1 saturated heterocycles. The third-order valence-electron chi connectivity index (χ3n) is 3.85. The van der Waals surface area contributed by atoms with Gasteiger partial charge in [0.2, 0.25) is 0 Å². The molecule has 0 spiro atoms. The molecule has 1 aliphatic heterocycles.